The first-order valence-electron chi connectivity index (χ1n) is 15.7. The van der Waals surface area contributed by atoms with Crippen molar-refractivity contribution in [2.75, 3.05) is 11.9 Å². The molecular formula is C35H35Br2FN4O4S. The van der Waals surface area contributed by atoms with Gasteiger partial charge in [0.25, 0.3) is 0 Å². The summed E-state index contributed by atoms with van der Waals surface area (Å²) in [5.41, 5.74) is 3.38. The Labute approximate surface area is 294 Å². The summed E-state index contributed by atoms with van der Waals surface area (Å²) in [4.78, 5) is 18.7. The SMILES string of the molecule is CCOc1cc(C2C(C(=O)OC3CCCCC3)=C(C)Nc3nc(SCc4ccccc4F)nn32)cc(Br)c1OCc1ccc(Br)cc1. The summed E-state index contributed by atoms with van der Waals surface area (Å²) in [5.74, 6) is 1.25. The molecule has 246 valence electrons. The second kappa shape index (κ2) is 15.3. The molecule has 1 aliphatic carbocycles. The van der Waals surface area contributed by atoms with Gasteiger partial charge in [0.05, 0.1) is 16.7 Å². The van der Waals surface area contributed by atoms with Gasteiger partial charge in [-0.2, -0.15) is 4.98 Å². The van der Waals surface area contributed by atoms with E-state index in [9.17, 15) is 9.18 Å². The van der Waals surface area contributed by atoms with E-state index in [0.717, 1.165) is 47.7 Å². The third-order valence-electron chi connectivity index (χ3n) is 8.14. The average Bonchev–Trinajstić information content (AvgIpc) is 3.47. The Balaban J connectivity index is 1.36. The lowest BCUT2D eigenvalue weighted by molar-refractivity contribution is -0.146. The molecule has 0 radical (unpaired) electrons. The third kappa shape index (κ3) is 7.87. The molecule has 1 saturated carbocycles. The maximum Gasteiger partial charge on any atom is 0.338 e. The van der Waals surface area contributed by atoms with Crippen LogP contribution in [0.2, 0.25) is 0 Å². The number of benzene rings is 3. The van der Waals surface area contributed by atoms with Crippen LogP contribution in [0.5, 0.6) is 11.5 Å². The summed E-state index contributed by atoms with van der Waals surface area (Å²) in [5, 5.41) is 8.56. The number of anilines is 1. The highest BCUT2D eigenvalue weighted by molar-refractivity contribution is 9.10. The van der Waals surface area contributed by atoms with Crippen LogP contribution in [0.1, 0.15) is 68.7 Å². The lowest BCUT2D eigenvalue weighted by Gasteiger charge is -2.30. The van der Waals surface area contributed by atoms with Crippen molar-refractivity contribution in [1.29, 1.82) is 0 Å². The monoisotopic (exact) mass is 784 g/mol. The molecule has 0 spiro atoms. The normalized spacial score (nSPS) is 16.4. The number of nitrogens with one attached hydrogen (secondary N) is 1. The predicted molar refractivity (Wildman–Crippen MR) is 187 cm³/mol. The molecule has 1 aromatic heterocycles. The van der Waals surface area contributed by atoms with E-state index in [1.807, 2.05) is 50.2 Å². The number of nitrogens with zero attached hydrogens (tertiary/aromatic N) is 3. The van der Waals surface area contributed by atoms with Crippen molar-refractivity contribution in [3.8, 4) is 11.5 Å². The van der Waals surface area contributed by atoms with Gasteiger partial charge in [-0.15, -0.1) is 5.10 Å². The molecular weight excluding hydrogens is 751 g/mol. The van der Waals surface area contributed by atoms with Crippen molar-refractivity contribution in [2.45, 2.75) is 75.6 Å². The Morgan fingerprint density at radius 3 is 2.57 bits per heavy atom. The summed E-state index contributed by atoms with van der Waals surface area (Å²) in [6.45, 7) is 4.51. The molecule has 4 aromatic rings. The highest BCUT2D eigenvalue weighted by atomic mass is 79.9. The minimum atomic E-state index is -0.673. The largest absolute Gasteiger partial charge is 0.490 e. The van der Waals surface area contributed by atoms with Gasteiger partial charge in [0.15, 0.2) is 11.5 Å². The zero-order valence-electron chi connectivity index (χ0n) is 26.1. The van der Waals surface area contributed by atoms with Gasteiger partial charge in [-0.25, -0.2) is 13.9 Å². The molecule has 3 aromatic carbocycles. The average molecular weight is 787 g/mol. The number of hydrogen-bond acceptors (Lipinski definition) is 8. The summed E-state index contributed by atoms with van der Waals surface area (Å²) < 4.78 is 36.2. The van der Waals surface area contributed by atoms with E-state index in [1.165, 1.54) is 17.8 Å². The molecule has 0 saturated heterocycles. The van der Waals surface area contributed by atoms with Crippen molar-refractivity contribution >= 4 is 55.5 Å². The second-order valence-corrected chi connectivity index (χ2v) is 14.2. The molecule has 1 unspecified atom stereocenters. The van der Waals surface area contributed by atoms with Crippen LogP contribution in [0.15, 0.2) is 86.0 Å². The van der Waals surface area contributed by atoms with Crippen molar-refractivity contribution in [1.82, 2.24) is 14.8 Å². The number of allylic oxidation sites excluding steroid dienone is 1. The summed E-state index contributed by atoms with van der Waals surface area (Å²) in [7, 11) is 0. The van der Waals surface area contributed by atoms with Gasteiger partial charge in [0, 0.05) is 15.9 Å². The summed E-state index contributed by atoms with van der Waals surface area (Å²) in [6.07, 6.45) is 4.82. The fraction of sp³-hybridized carbons (Fsp3) is 0.343. The van der Waals surface area contributed by atoms with Crippen LogP contribution in [-0.4, -0.2) is 33.4 Å². The Kier molecular flexibility index (Phi) is 10.9. The minimum Gasteiger partial charge on any atom is -0.490 e. The molecule has 2 heterocycles. The number of rotatable bonds is 11. The number of thioether (sulfide) groups is 1. The van der Waals surface area contributed by atoms with Crippen molar-refractivity contribution in [3.63, 3.8) is 0 Å². The number of hydrogen-bond donors (Lipinski definition) is 1. The van der Waals surface area contributed by atoms with E-state index in [2.05, 4.69) is 37.2 Å². The fourth-order valence-electron chi connectivity index (χ4n) is 5.81. The molecule has 12 heteroatoms. The van der Waals surface area contributed by atoms with Gasteiger partial charge in [0.2, 0.25) is 11.1 Å². The van der Waals surface area contributed by atoms with E-state index in [1.54, 1.807) is 22.9 Å². The zero-order valence-corrected chi connectivity index (χ0v) is 30.1. The fourth-order valence-corrected chi connectivity index (χ4v) is 7.46. The van der Waals surface area contributed by atoms with Crippen LogP contribution >= 0.6 is 43.6 Å². The van der Waals surface area contributed by atoms with Crippen molar-refractivity contribution < 1.29 is 23.4 Å². The van der Waals surface area contributed by atoms with E-state index in [4.69, 9.17) is 24.3 Å². The number of aromatic nitrogens is 3. The Hall–Kier alpha value is -3.35. The van der Waals surface area contributed by atoms with Crippen LogP contribution in [0.3, 0.4) is 0 Å². The molecule has 0 bridgehead atoms. The third-order valence-corrected chi connectivity index (χ3v) is 10.1. The number of carbonyl (C=O) groups is 1. The van der Waals surface area contributed by atoms with Crippen LogP contribution in [0, 0.1) is 5.82 Å². The van der Waals surface area contributed by atoms with Gasteiger partial charge in [-0.05, 0) is 102 Å². The number of fused-ring (bicyclic) bond motifs is 1. The second-order valence-electron chi connectivity index (χ2n) is 11.5. The summed E-state index contributed by atoms with van der Waals surface area (Å²) in [6, 6.07) is 17.7. The van der Waals surface area contributed by atoms with E-state index in [0.29, 0.717) is 62.9 Å². The Bertz CT molecular complexity index is 1780. The standard InChI is InChI=1S/C35H35Br2FN4O4S/c1-3-44-29-18-24(17-27(37)32(29)45-19-22-13-15-25(36)16-14-22)31-30(33(43)46-26-10-5-4-6-11-26)21(2)39-34-40-35(41-42(31)34)47-20-23-9-7-8-12-28(23)38/h7-9,12-18,26,31H,3-6,10-11,19-20H2,1-2H3,(H,39,40,41). The molecule has 1 fully saturated rings. The number of ether oxygens (including phenoxy) is 3. The lowest BCUT2D eigenvalue weighted by Crippen LogP contribution is -2.32. The molecule has 1 aliphatic heterocycles. The topological polar surface area (TPSA) is 87.5 Å². The van der Waals surface area contributed by atoms with Gasteiger partial charge in [-0.3, -0.25) is 0 Å². The van der Waals surface area contributed by atoms with Gasteiger partial charge < -0.3 is 19.5 Å². The van der Waals surface area contributed by atoms with Gasteiger partial charge in [-0.1, -0.05) is 64.4 Å². The molecule has 6 rings (SSSR count). The zero-order chi connectivity index (χ0) is 32.9. The smallest absolute Gasteiger partial charge is 0.338 e. The molecule has 8 nitrogen and oxygen atoms in total. The maximum absolute atomic E-state index is 14.4. The molecule has 47 heavy (non-hydrogen) atoms. The number of halogens is 3. The van der Waals surface area contributed by atoms with E-state index < -0.39 is 12.0 Å². The molecule has 2 aliphatic rings. The molecule has 0 amide bonds. The van der Waals surface area contributed by atoms with Crippen molar-refractivity contribution in [3.05, 3.63) is 103 Å². The minimum absolute atomic E-state index is 0.124. The number of carbonyl (C=O) groups excluding carboxylic acids is 1. The van der Waals surface area contributed by atoms with Gasteiger partial charge in [0.1, 0.15) is 24.6 Å². The lowest BCUT2D eigenvalue weighted by atomic mass is 9.94. The van der Waals surface area contributed by atoms with Crippen LogP contribution in [-0.2, 0) is 21.9 Å². The number of esters is 1. The first kappa shape index (κ1) is 33.5. The molecule has 1 N–H and O–H groups in total. The quantitative estimate of drug-likeness (QED) is 0.119. The first-order valence-corrected chi connectivity index (χ1v) is 18.2. The highest BCUT2D eigenvalue weighted by Gasteiger charge is 2.37. The Morgan fingerprint density at radius 2 is 1.83 bits per heavy atom. The maximum atomic E-state index is 14.4. The highest BCUT2D eigenvalue weighted by Crippen LogP contribution is 2.44. The van der Waals surface area contributed by atoms with Gasteiger partial charge >= 0.3 is 5.97 Å². The van der Waals surface area contributed by atoms with Crippen LogP contribution in [0.4, 0.5) is 10.3 Å². The first-order chi connectivity index (χ1) is 22.8. The molecule has 1 atom stereocenters. The predicted octanol–water partition coefficient (Wildman–Crippen LogP) is 9.38. The van der Waals surface area contributed by atoms with Crippen LogP contribution in [0.25, 0.3) is 0 Å². The van der Waals surface area contributed by atoms with E-state index >= 15 is 0 Å². The Morgan fingerprint density at radius 1 is 1.06 bits per heavy atom. The van der Waals surface area contributed by atoms with Crippen molar-refractivity contribution in [2.24, 2.45) is 0 Å². The van der Waals surface area contributed by atoms with E-state index in [-0.39, 0.29) is 11.9 Å². The van der Waals surface area contributed by atoms with Crippen LogP contribution < -0.4 is 14.8 Å². The summed E-state index contributed by atoms with van der Waals surface area (Å²) >= 11 is 8.53.